The number of halogens is 1. The van der Waals surface area contributed by atoms with Crippen molar-refractivity contribution in [3.63, 3.8) is 0 Å². The van der Waals surface area contributed by atoms with Gasteiger partial charge in [-0.1, -0.05) is 17.7 Å². The van der Waals surface area contributed by atoms with E-state index in [1.165, 1.54) is 11.1 Å². The number of hydrogen-bond donors (Lipinski definition) is 2. The summed E-state index contributed by atoms with van der Waals surface area (Å²) in [6, 6.07) is 4.66. The average Bonchev–Trinajstić information content (AvgIpc) is 2.27. The highest BCUT2D eigenvalue weighted by Crippen LogP contribution is 2.27. The molecule has 1 aromatic carbocycles. The summed E-state index contributed by atoms with van der Waals surface area (Å²) in [7, 11) is 2.16. The van der Waals surface area contributed by atoms with Gasteiger partial charge in [0.15, 0.2) is 0 Å². The highest BCUT2D eigenvalue weighted by Gasteiger charge is 2.16. The summed E-state index contributed by atoms with van der Waals surface area (Å²) in [5.74, 6) is 0. The fraction of sp³-hybridized carbons (Fsp3) is 0.571. The maximum atomic E-state index is 6.29. The number of piperazine rings is 1. The van der Waals surface area contributed by atoms with Gasteiger partial charge in [0.25, 0.3) is 0 Å². The zero-order valence-corrected chi connectivity index (χ0v) is 12.1. The Labute approximate surface area is 115 Å². The molecule has 0 amide bonds. The van der Waals surface area contributed by atoms with Crippen LogP contribution in [-0.4, -0.2) is 44.2 Å². The first-order valence-electron chi connectivity index (χ1n) is 6.49. The first-order chi connectivity index (χ1) is 8.56. The van der Waals surface area contributed by atoms with Gasteiger partial charge in [-0.25, -0.2) is 0 Å². The van der Waals surface area contributed by atoms with Crippen molar-refractivity contribution in [1.29, 1.82) is 0 Å². The predicted molar refractivity (Wildman–Crippen MR) is 78.7 cm³/mol. The lowest BCUT2D eigenvalue weighted by Gasteiger charge is -2.31. The third kappa shape index (κ3) is 3.37. The molecule has 3 nitrogen and oxygen atoms in total. The number of rotatable bonds is 3. The van der Waals surface area contributed by atoms with Gasteiger partial charge in [-0.2, -0.15) is 0 Å². The SMILES string of the molecule is Cc1cc(C)c(NCC2CN(C)CCN2)c(Cl)c1. The van der Waals surface area contributed by atoms with E-state index in [1.54, 1.807) is 0 Å². The summed E-state index contributed by atoms with van der Waals surface area (Å²) in [5, 5.41) is 7.82. The van der Waals surface area contributed by atoms with E-state index in [2.05, 4.69) is 42.5 Å². The van der Waals surface area contributed by atoms with Crippen LogP contribution < -0.4 is 10.6 Å². The minimum atomic E-state index is 0.487. The highest BCUT2D eigenvalue weighted by atomic mass is 35.5. The molecule has 1 atom stereocenters. The van der Waals surface area contributed by atoms with E-state index in [0.29, 0.717) is 6.04 Å². The van der Waals surface area contributed by atoms with Crippen LogP contribution in [0.1, 0.15) is 11.1 Å². The van der Waals surface area contributed by atoms with Crippen LogP contribution in [0.5, 0.6) is 0 Å². The summed E-state index contributed by atoms with van der Waals surface area (Å²) in [6.07, 6.45) is 0. The minimum Gasteiger partial charge on any atom is -0.382 e. The molecule has 2 N–H and O–H groups in total. The normalized spacial score (nSPS) is 21.0. The van der Waals surface area contributed by atoms with Crippen molar-refractivity contribution in [2.75, 3.05) is 38.5 Å². The van der Waals surface area contributed by atoms with E-state index in [1.807, 2.05) is 6.07 Å². The second kappa shape index (κ2) is 5.91. The predicted octanol–water partition coefficient (Wildman–Crippen LogP) is 2.27. The molecule has 0 radical (unpaired) electrons. The van der Waals surface area contributed by atoms with Gasteiger partial charge in [-0.05, 0) is 38.1 Å². The minimum absolute atomic E-state index is 0.487. The Morgan fingerprint density at radius 1 is 1.44 bits per heavy atom. The van der Waals surface area contributed by atoms with Crippen LogP contribution in [0, 0.1) is 13.8 Å². The third-order valence-corrected chi connectivity index (χ3v) is 3.71. The maximum absolute atomic E-state index is 6.29. The van der Waals surface area contributed by atoms with Crippen molar-refractivity contribution in [1.82, 2.24) is 10.2 Å². The molecule has 2 rings (SSSR count). The Morgan fingerprint density at radius 3 is 2.89 bits per heavy atom. The van der Waals surface area contributed by atoms with Gasteiger partial charge in [-0.3, -0.25) is 0 Å². The standard InChI is InChI=1S/C14H22ClN3/c1-10-6-11(2)14(13(15)7-10)17-8-12-9-18(3)5-4-16-12/h6-7,12,16-17H,4-5,8-9H2,1-3H3. The Bertz CT molecular complexity index is 396. The largest absolute Gasteiger partial charge is 0.382 e. The monoisotopic (exact) mass is 267 g/mol. The summed E-state index contributed by atoms with van der Waals surface area (Å²) >= 11 is 6.29. The number of aryl methyl sites for hydroxylation is 2. The van der Waals surface area contributed by atoms with Gasteiger partial charge in [0, 0.05) is 32.2 Å². The molecule has 1 fully saturated rings. The molecule has 0 aromatic heterocycles. The summed E-state index contributed by atoms with van der Waals surface area (Å²) in [6.45, 7) is 8.34. The van der Waals surface area contributed by atoms with E-state index in [0.717, 1.165) is 36.9 Å². The molecule has 0 saturated carbocycles. The molecular weight excluding hydrogens is 246 g/mol. The zero-order valence-electron chi connectivity index (χ0n) is 11.4. The van der Waals surface area contributed by atoms with Gasteiger partial charge in [0.2, 0.25) is 0 Å². The first kappa shape index (κ1) is 13.7. The number of nitrogens with zero attached hydrogens (tertiary/aromatic N) is 1. The number of likely N-dealkylation sites (N-methyl/N-ethyl adjacent to an activating group) is 1. The Morgan fingerprint density at radius 2 is 2.22 bits per heavy atom. The van der Waals surface area contributed by atoms with Crippen molar-refractivity contribution >= 4 is 17.3 Å². The van der Waals surface area contributed by atoms with Crippen LogP contribution in [0.3, 0.4) is 0 Å². The molecule has 1 unspecified atom stereocenters. The van der Waals surface area contributed by atoms with Crippen LogP contribution in [0.15, 0.2) is 12.1 Å². The smallest absolute Gasteiger partial charge is 0.0642 e. The molecule has 1 saturated heterocycles. The molecule has 0 bridgehead atoms. The Kier molecular flexibility index (Phi) is 4.49. The number of anilines is 1. The van der Waals surface area contributed by atoms with E-state index in [9.17, 15) is 0 Å². The topological polar surface area (TPSA) is 27.3 Å². The van der Waals surface area contributed by atoms with Gasteiger partial charge in [0.05, 0.1) is 10.7 Å². The molecule has 4 heteroatoms. The van der Waals surface area contributed by atoms with Crippen LogP contribution in [0.2, 0.25) is 5.02 Å². The molecule has 1 aromatic rings. The number of hydrogen-bond acceptors (Lipinski definition) is 3. The molecule has 18 heavy (non-hydrogen) atoms. The van der Waals surface area contributed by atoms with Crippen LogP contribution in [0.25, 0.3) is 0 Å². The number of nitrogens with one attached hydrogen (secondary N) is 2. The van der Waals surface area contributed by atoms with Crippen molar-refractivity contribution in [3.05, 3.63) is 28.3 Å². The van der Waals surface area contributed by atoms with Crippen molar-refractivity contribution in [2.24, 2.45) is 0 Å². The summed E-state index contributed by atoms with van der Waals surface area (Å²) in [5.41, 5.74) is 3.49. The van der Waals surface area contributed by atoms with Crippen molar-refractivity contribution in [3.8, 4) is 0 Å². The lowest BCUT2D eigenvalue weighted by atomic mass is 10.1. The molecule has 0 aliphatic carbocycles. The fourth-order valence-corrected chi connectivity index (χ4v) is 2.88. The Hall–Kier alpha value is -0.770. The lowest BCUT2D eigenvalue weighted by molar-refractivity contribution is 0.244. The molecule has 1 aliphatic rings. The van der Waals surface area contributed by atoms with Crippen molar-refractivity contribution < 1.29 is 0 Å². The van der Waals surface area contributed by atoms with Crippen LogP contribution >= 0.6 is 11.6 Å². The third-order valence-electron chi connectivity index (χ3n) is 3.42. The molecule has 1 heterocycles. The Balaban J connectivity index is 1.97. The molecule has 100 valence electrons. The summed E-state index contributed by atoms with van der Waals surface area (Å²) < 4.78 is 0. The van der Waals surface area contributed by atoms with Gasteiger partial charge < -0.3 is 15.5 Å². The van der Waals surface area contributed by atoms with E-state index < -0.39 is 0 Å². The quantitative estimate of drug-likeness (QED) is 0.880. The van der Waals surface area contributed by atoms with Gasteiger partial charge in [-0.15, -0.1) is 0 Å². The number of benzene rings is 1. The molecule has 1 aliphatic heterocycles. The highest BCUT2D eigenvalue weighted by molar-refractivity contribution is 6.33. The maximum Gasteiger partial charge on any atom is 0.0642 e. The molecular formula is C14H22ClN3. The fourth-order valence-electron chi connectivity index (χ4n) is 2.49. The summed E-state index contributed by atoms with van der Waals surface area (Å²) in [4.78, 5) is 2.35. The van der Waals surface area contributed by atoms with E-state index >= 15 is 0 Å². The lowest BCUT2D eigenvalue weighted by Crippen LogP contribution is -2.51. The molecule has 0 spiro atoms. The van der Waals surface area contributed by atoms with E-state index in [-0.39, 0.29) is 0 Å². The van der Waals surface area contributed by atoms with Crippen LogP contribution in [0.4, 0.5) is 5.69 Å². The second-order valence-corrected chi connectivity index (χ2v) is 5.64. The van der Waals surface area contributed by atoms with Crippen LogP contribution in [-0.2, 0) is 0 Å². The van der Waals surface area contributed by atoms with Crippen molar-refractivity contribution in [2.45, 2.75) is 19.9 Å². The average molecular weight is 268 g/mol. The second-order valence-electron chi connectivity index (χ2n) is 5.23. The first-order valence-corrected chi connectivity index (χ1v) is 6.86. The van der Waals surface area contributed by atoms with Gasteiger partial charge in [0.1, 0.15) is 0 Å². The van der Waals surface area contributed by atoms with E-state index in [4.69, 9.17) is 11.6 Å². The zero-order chi connectivity index (χ0) is 13.1. The van der Waals surface area contributed by atoms with Gasteiger partial charge >= 0.3 is 0 Å².